The largest absolute Gasteiger partial charge is 0.424 e. The zero-order valence-electron chi connectivity index (χ0n) is 10.8. The number of aromatic nitrogens is 2. The first-order chi connectivity index (χ1) is 9.79. The van der Waals surface area contributed by atoms with Gasteiger partial charge in [-0.05, 0) is 31.2 Å². The Morgan fingerprint density at radius 2 is 1.95 bits per heavy atom. The van der Waals surface area contributed by atoms with E-state index in [0.717, 1.165) is 12.1 Å². The molecule has 0 aliphatic carbocycles. The van der Waals surface area contributed by atoms with Gasteiger partial charge in [-0.2, -0.15) is 23.4 Å². The molecular weight excluding hydrogens is 285 g/mol. The summed E-state index contributed by atoms with van der Waals surface area (Å²) in [6.45, 7) is 1.57. The van der Waals surface area contributed by atoms with Crippen molar-refractivity contribution in [3.05, 3.63) is 41.2 Å². The van der Waals surface area contributed by atoms with E-state index in [1.807, 2.05) is 0 Å². The van der Waals surface area contributed by atoms with Gasteiger partial charge in [-0.15, -0.1) is 0 Å². The second kappa shape index (κ2) is 5.28. The molecule has 2 aromatic rings. The maximum absolute atomic E-state index is 12.9. The van der Waals surface area contributed by atoms with Gasteiger partial charge >= 0.3 is 12.2 Å². The lowest BCUT2D eigenvalue weighted by Crippen LogP contribution is -2.09. The third-order valence-electron chi connectivity index (χ3n) is 2.46. The average molecular weight is 294 g/mol. The van der Waals surface area contributed by atoms with Crippen LogP contribution < -0.4 is 10.5 Å². The molecule has 21 heavy (non-hydrogen) atoms. The van der Waals surface area contributed by atoms with Crippen molar-refractivity contribution in [2.75, 3.05) is 5.73 Å². The summed E-state index contributed by atoms with van der Waals surface area (Å²) in [4.78, 5) is 7.54. The lowest BCUT2D eigenvalue weighted by Gasteiger charge is -2.13. The number of aryl methyl sites for hydroxylation is 1. The monoisotopic (exact) mass is 294 g/mol. The van der Waals surface area contributed by atoms with Crippen LogP contribution in [0.5, 0.6) is 11.8 Å². The highest BCUT2D eigenvalue weighted by Crippen LogP contribution is 2.38. The molecule has 0 unspecified atom stereocenters. The number of nitrogen functional groups attached to an aromatic ring is 1. The molecule has 0 fully saturated rings. The van der Waals surface area contributed by atoms with Crippen molar-refractivity contribution in [2.24, 2.45) is 0 Å². The molecule has 0 spiro atoms. The van der Waals surface area contributed by atoms with Crippen LogP contribution in [0, 0.1) is 18.3 Å². The molecule has 0 aliphatic rings. The van der Waals surface area contributed by atoms with Gasteiger partial charge in [0.05, 0.1) is 0 Å². The van der Waals surface area contributed by atoms with Crippen molar-refractivity contribution in [3.8, 4) is 17.8 Å². The van der Waals surface area contributed by atoms with Crippen LogP contribution in [-0.2, 0) is 6.18 Å². The van der Waals surface area contributed by atoms with E-state index < -0.39 is 17.5 Å². The topological polar surface area (TPSA) is 84.8 Å². The number of nitriles is 1. The standard InChI is InChI=1S/C13H9F3N4O/c1-7-4-9(6-17)20-12(19-7)21-11-3-2-8(18)5-10(11)13(14,15)16/h2-5H,18H2,1H3. The van der Waals surface area contributed by atoms with Crippen LogP contribution in [0.3, 0.4) is 0 Å². The number of halogens is 3. The molecule has 1 aromatic heterocycles. The number of hydrogen-bond acceptors (Lipinski definition) is 5. The van der Waals surface area contributed by atoms with E-state index in [-0.39, 0.29) is 17.4 Å². The highest BCUT2D eigenvalue weighted by atomic mass is 19.4. The molecule has 5 nitrogen and oxygen atoms in total. The zero-order valence-corrected chi connectivity index (χ0v) is 10.8. The summed E-state index contributed by atoms with van der Waals surface area (Å²) in [5, 5.41) is 8.78. The Bertz CT molecular complexity index is 722. The Morgan fingerprint density at radius 1 is 1.24 bits per heavy atom. The molecule has 2 N–H and O–H groups in total. The van der Waals surface area contributed by atoms with Crippen LogP contribution in [-0.4, -0.2) is 9.97 Å². The number of ether oxygens (including phenoxy) is 1. The third kappa shape index (κ3) is 3.39. The lowest BCUT2D eigenvalue weighted by atomic mass is 10.1. The molecule has 2 rings (SSSR count). The van der Waals surface area contributed by atoms with Gasteiger partial charge in [-0.3, -0.25) is 0 Å². The Hall–Kier alpha value is -2.82. The van der Waals surface area contributed by atoms with Gasteiger partial charge in [0.2, 0.25) is 0 Å². The van der Waals surface area contributed by atoms with E-state index >= 15 is 0 Å². The van der Waals surface area contributed by atoms with Gasteiger partial charge < -0.3 is 10.5 Å². The molecule has 8 heteroatoms. The first-order valence-corrected chi connectivity index (χ1v) is 5.70. The van der Waals surface area contributed by atoms with Crippen molar-refractivity contribution in [1.82, 2.24) is 9.97 Å². The highest BCUT2D eigenvalue weighted by molar-refractivity contribution is 5.49. The molecule has 1 heterocycles. The molecule has 0 saturated carbocycles. The van der Waals surface area contributed by atoms with Crippen LogP contribution in [0.4, 0.5) is 18.9 Å². The molecule has 0 atom stereocenters. The summed E-state index contributed by atoms with van der Waals surface area (Å²) in [7, 11) is 0. The number of nitrogens with two attached hydrogens (primary N) is 1. The third-order valence-corrected chi connectivity index (χ3v) is 2.46. The maximum atomic E-state index is 12.9. The predicted octanol–water partition coefficient (Wildman–Crippen LogP) is 3.05. The summed E-state index contributed by atoms with van der Waals surface area (Å²) in [6.07, 6.45) is -4.63. The van der Waals surface area contributed by atoms with Crippen molar-refractivity contribution >= 4 is 5.69 Å². The van der Waals surface area contributed by atoms with E-state index in [1.54, 1.807) is 13.0 Å². The molecule has 1 aromatic carbocycles. The first kappa shape index (κ1) is 14.6. The van der Waals surface area contributed by atoms with Gasteiger partial charge in [-0.25, -0.2) is 4.98 Å². The van der Waals surface area contributed by atoms with Crippen molar-refractivity contribution in [1.29, 1.82) is 5.26 Å². The van der Waals surface area contributed by atoms with Crippen molar-refractivity contribution < 1.29 is 17.9 Å². The quantitative estimate of drug-likeness (QED) is 0.860. The number of rotatable bonds is 2. The second-order valence-corrected chi connectivity index (χ2v) is 4.14. The summed E-state index contributed by atoms with van der Waals surface area (Å²) in [5.74, 6) is -0.480. The number of anilines is 1. The summed E-state index contributed by atoms with van der Waals surface area (Å²) in [5.41, 5.74) is 4.68. The van der Waals surface area contributed by atoms with E-state index in [2.05, 4.69) is 9.97 Å². The van der Waals surface area contributed by atoms with Crippen molar-refractivity contribution in [2.45, 2.75) is 13.1 Å². The fourth-order valence-electron chi connectivity index (χ4n) is 1.60. The predicted molar refractivity (Wildman–Crippen MR) is 67.4 cm³/mol. The van der Waals surface area contributed by atoms with Crippen LogP contribution in [0.1, 0.15) is 17.0 Å². The maximum Gasteiger partial charge on any atom is 0.420 e. The van der Waals surface area contributed by atoms with Crippen molar-refractivity contribution in [3.63, 3.8) is 0 Å². The summed E-state index contributed by atoms with van der Waals surface area (Å²) < 4.78 is 43.8. The zero-order chi connectivity index (χ0) is 15.6. The van der Waals surface area contributed by atoms with E-state index in [4.69, 9.17) is 15.7 Å². The van der Waals surface area contributed by atoms with Gasteiger partial charge in [0, 0.05) is 11.4 Å². The summed E-state index contributed by atoms with van der Waals surface area (Å²) in [6, 6.07) is 5.94. The number of nitrogens with zero attached hydrogens (tertiary/aromatic N) is 3. The number of benzene rings is 1. The smallest absolute Gasteiger partial charge is 0.420 e. The number of alkyl halides is 3. The fraction of sp³-hybridized carbons (Fsp3) is 0.154. The minimum Gasteiger partial charge on any atom is -0.424 e. The summed E-state index contributed by atoms with van der Waals surface area (Å²) >= 11 is 0. The van der Waals surface area contributed by atoms with Gasteiger partial charge in [0.15, 0.2) is 0 Å². The molecular formula is C13H9F3N4O. The lowest BCUT2D eigenvalue weighted by molar-refractivity contribution is -0.138. The Kier molecular flexibility index (Phi) is 3.67. The van der Waals surface area contributed by atoms with E-state index in [9.17, 15) is 13.2 Å². The SMILES string of the molecule is Cc1cc(C#N)nc(Oc2ccc(N)cc2C(F)(F)F)n1. The van der Waals surface area contributed by atoms with Crippen LogP contribution in [0.15, 0.2) is 24.3 Å². The first-order valence-electron chi connectivity index (χ1n) is 5.70. The molecule has 0 bridgehead atoms. The Labute approximate surface area is 117 Å². The Balaban J connectivity index is 2.45. The minimum atomic E-state index is -4.63. The van der Waals surface area contributed by atoms with Crippen LogP contribution in [0.25, 0.3) is 0 Å². The fourth-order valence-corrected chi connectivity index (χ4v) is 1.60. The van der Waals surface area contributed by atoms with Crippen LogP contribution >= 0.6 is 0 Å². The Morgan fingerprint density at radius 3 is 2.57 bits per heavy atom. The average Bonchev–Trinajstić information content (AvgIpc) is 2.39. The van der Waals surface area contributed by atoms with E-state index in [0.29, 0.717) is 5.69 Å². The van der Waals surface area contributed by atoms with Gasteiger partial charge in [-0.1, -0.05) is 0 Å². The van der Waals surface area contributed by atoms with Crippen LogP contribution in [0.2, 0.25) is 0 Å². The van der Waals surface area contributed by atoms with Gasteiger partial charge in [0.1, 0.15) is 23.1 Å². The molecule has 0 aliphatic heterocycles. The second-order valence-electron chi connectivity index (χ2n) is 4.14. The normalized spacial score (nSPS) is 11.0. The molecule has 108 valence electrons. The molecule has 0 saturated heterocycles. The van der Waals surface area contributed by atoms with E-state index in [1.165, 1.54) is 12.1 Å². The molecule has 0 amide bonds. The molecule has 0 radical (unpaired) electrons. The van der Waals surface area contributed by atoms with Gasteiger partial charge in [0.25, 0.3) is 0 Å². The number of hydrogen-bond donors (Lipinski definition) is 1. The highest BCUT2D eigenvalue weighted by Gasteiger charge is 2.35. The minimum absolute atomic E-state index is 0.00139.